The summed E-state index contributed by atoms with van der Waals surface area (Å²) in [5.74, 6) is 0. The molecule has 0 spiro atoms. The third-order valence-corrected chi connectivity index (χ3v) is 8.21. The fraction of sp³-hybridized carbons (Fsp3) is 0.0769. The van der Waals surface area contributed by atoms with Gasteiger partial charge in [0.25, 0.3) is 0 Å². The molecule has 6 aromatic carbocycles. The van der Waals surface area contributed by atoms with Gasteiger partial charge >= 0.3 is 0 Å². The number of hydrogen-bond acceptors (Lipinski definition) is 2. The summed E-state index contributed by atoms with van der Waals surface area (Å²) >= 11 is 0. The normalized spacial score (nSPS) is 15.7. The van der Waals surface area contributed by atoms with Crippen molar-refractivity contribution in [2.24, 2.45) is 0 Å². The molecule has 0 saturated carbocycles. The van der Waals surface area contributed by atoms with Gasteiger partial charge in [0.05, 0.1) is 20.7 Å². The van der Waals surface area contributed by atoms with E-state index in [4.69, 9.17) is 12.6 Å². The summed E-state index contributed by atoms with van der Waals surface area (Å²) in [4.78, 5) is 1.85. The predicted octanol–water partition coefficient (Wildman–Crippen LogP) is 11.0. The van der Waals surface area contributed by atoms with Crippen LogP contribution in [0.2, 0.25) is 0 Å². The number of fused-ring (bicyclic) bond motifs is 6. The fourth-order valence-electron chi connectivity index (χ4n) is 6.18. The van der Waals surface area contributed by atoms with Gasteiger partial charge in [-0.05, 0) is 75.8 Å². The molecule has 2 heteroatoms. The Morgan fingerprint density at radius 2 is 1.29 bits per heavy atom. The van der Waals surface area contributed by atoms with Gasteiger partial charge in [-0.1, -0.05) is 111 Å². The maximum atomic E-state index is 9.31. The van der Waals surface area contributed by atoms with Crippen LogP contribution in [0, 0.1) is 0 Å². The summed E-state index contributed by atoms with van der Waals surface area (Å²) in [5.41, 5.74) is 7.69. The fourth-order valence-corrected chi connectivity index (χ4v) is 6.18. The minimum Gasteiger partial charge on any atom is -0.456 e. The Morgan fingerprint density at radius 1 is 0.610 bits per heavy atom. The molecule has 196 valence electrons. The molecule has 1 aromatic heterocycles. The van der Waals surface area contributed by atoms with Crippen molar-refractivity contribution in [3.63, 3.8) is 0 Å². The van der Waals surface area contributed by atoms with E-state index in [2.05, 4.69) is 38.1 Å². The second-order valence-corrected chi connectivity index (χ2v) is 10.9. The van der Waals surface area contributed by atoms with Crippen LogP contribution in [0.15, 0.2) is 144 Å². The van der Waals surface area contributed by atoms with Crippen molar-refractivity contribution in [2.75, 3.05) is 4.90 Å². The average Bonchev–Trinajstić information content (AvgIpc) is 3.61. The lowest BCUT2D eigenvalue weighted by atomic mass is 9.82. The van der Waals surface area contributed by atoms with Crippen molar-refractivity contribution >= 4 is 39.0 Å². The van der Waals surface area contributed by atoms with Gasteiger partial charge in [0.1, 0.15) is 11.2 Å². The van der Waals surface area contributed by atoms with Gasteiger partial charge in [-0.15, -0.1) is 0 Å². The van der Waals surface area contributed by atoms with Crippen molar-refractivity contribution in [3.8, 4) is 22.3 Å². The largest absolute Gasteiger partial charge is 0.456 e. The van der Waals surface area contributed by atoms with E-state index in [1.54, 1.807) is 0 Å². The van der Waals surface area contributed by atoms with E-state index in [9.17, 15) is 1.37 Å². The van der Waals surface area contributed by atoms with Gasteiger partial charge in [0.2, 0.25) is 0 Å². The number of furan rings is 1. The third kappa shape index (κ3) is 3.64. The van der Waals surface area contributed by atoms with E-state index in [0.717, 1.165) is 27.8 Å². The van der Waals surface area contributed by atoms with Gasteiger partial charge in [-0.2, -0.15) is 0 Å². The van der Waals surface area contributed by atoms with E-state index in [1.807, 2.05) is 77.7 Å². The van der Waals surface area contributed by atoms with E-state index in [-0.39, 0.29) is 63.3 Å². The van der Waals surface area contributed by atoms with Crippen LogP contribution in [-0.2, 0) is 5.41 Å². The lowest BCUT2D eigenvalue weighted by Gasteiger charge is -2.28. The molecule has 0 bridgehead atoms. The second kappa shape index (κ2) is 8.97. The van der Waals surface area contributed by atoms with Crippen LogP contribution in [0.5, 0.6) is 0 Å². The highest BCUT2D eigenvalue weighted by Gasteiger charge is 2.35. The molecule has 0 aliphatic heterocycles. The average molecular weight is 535 g/mol. The molecule has 0 atom stereocenters. The Labute approximate surface area is 250 Å². The van der Waals surface area contributed by atoms with Crippen LogP contribution in [0.3, 0.4) is 0 Å². The first-order valence-corrected chi connectivity index (χ1v) is 13.6. The van der Waals surface area contributed by atoms with Crippen LogP contribution in [-0.4, -0.2) is 0 Å². The Hall–Kier alpha value is -5.08. The SMILES string of the molecule is [2H]c1c([2H])c([2H])c2c(oc3c([2H])c([2H])c([2H])c(N(c4ccc(-c5ccccc5)cc4)c4ccc5c(c4)C(C)(C)c4ccccc4-5)c32)c1[2H]. The van der Waals surface area contributed by atoms with Crippen molar-refractivity contribution in [1.82, 2.24) is 0 Å². The number of benzene rings is 6. The molecule has 0 saturated heterocycles. The predicted molar refractivity (Wildman–Crippen MR) is 171 cm³/mol. The number of rotatable bonds is 4. The molecule has 7 aromatic rings. The maximum Gasteiger partial charge on any atom is 0.137 e. The molecule has 2 nitrogen and oxygen atoms in total. The molecular weight excluding hydrogens is 498 g/mol. The summed E-state index contributed by atoms with van der Waals surface area (Å²) < 4.78 is 67.1. The van der Waals surface area contributed by atoms with Crippen LogP contribution < -0.4 is 4.90 Å². The van der Waals surface area contributed by atoms with E-state index >= 15 is 0 Å². The maximum absolute atomic E-state index is 9.31. The van der Waals surface area contributed by atoms with Gasteiger partial charge in [0, 0.05) is 22.2 Å². The standard InChI is InChI=1S/C39H29NO/c1-39(2)33-15-8-6-13-30(33)31-24-23-29(25-34(31)39)40(28-21-19-27(20-22-28)26-11-4-3-5-12-26)35-16-10-18-37-38(35)32-14-7-9-17-36(32)41-37/h3-25H,1-2H3/i7D,9D,10D,14D,16D,17D,18D. The summed E-state index contributed by atoms with van der Waals surface area (Å²) in [6.45, 7) is 4.37. The third-order valence-electron chi connectivity index (χ3n) is 8.21. The number of hydrogen-bond donors (Lipinski definition) is 0. The minimum absolute atomic E-state index is 0.0622. The Bertz CT molecular complexity index is 2450. The Balaban J connectivity index is 1.46. The molecule has 0 N–H and O–H groups in total. The summed E-state index contributed by atoms with van der Waals surface area (Å²) in [7, 11) is 0. The summed E-state index contributed by atoms with van der Waals surface area (Å²) in [6.07, 6.45) is 0. The lowest BCUT2D eigenvalue weighted by Crippen LogP contribution is -2.16. The quantitative estimate of drug-likeness (QED) is 0.223. The molecule has 1 aliphatic carbocycles. The molecule has 0 unspecified atom stereocenters. The molecule has 0 radical (unpaired) electrons. The molecule has 41 heavy (non-hydrogen) atoms. The monoisotopic (exact) mass is 534 g/mol. The lowest BCUT2D eigenvalue weighted by molar-refractivity contribution is 0.660. The number of anilines is 3. The Morgan fingerprint density at radius 3 is 2.15 bits per heavy atom. The number of para-hydroxylation sites is 1. The molecule has 8 rings (SSSR count). The smallest absolute Gasteiger partial charge is 0.137 e. The van der Waals surface area contributed by atoms with E-state index in [1.165, 1.54) is 5.56 Å². The van der Waals surface area contributed by atoms with Crippen molar-refractivity contribution < 1.29 is 14.0 Å². The van der Waals surface area contributed by atoms with Crippen molar-refractivity contribution in [2.45, 2.75) is 19.3 Å². The topological polar surface area (TPSA) is 16.4 Å². The highest BCUT2D eigenvalue weighted by atomic mass is 16.3. The molecule has 1 heterocycles. The highest BCUT2D eigenvalue weighted by molar-refractivity contribution is 6.13. The van der Waals surface area contributed by atoms with Gasteiger partial charge in [-0.25, -0.2) is 0 Å². The van der Waals surface area contributed by atoms with Gasteiger partial charge in [0.15, 0.2) is 0 Å². The minimum atomic E-state index is -0.453. The van der Waals surface area contributed by atoms with Crippen LogP contribution in [0.1, 0.15) is 34.6 Å². The van der Waals surface area contributed by atoms with E-state index in [0.29, 0.717) is 11.4 Å². The first-order chi connectivity index (χ1) is 23.0. The molecule has 0 fully saturated rings. The van der Waals surface area contributed by atoms with Crippen LogP contribution >= 0.6 is 0 Å². The molecule has 0 amide bonds. The zero-order valence-corrected chi connectivity index (χ0v) is 22.6. The molecular formula is C39H29NO. The van der Waals surface area contributed by atoms with Crippen LogP contribution in [0.4, 0.5) is 17.1 Å². The van der Waals surface area contributed by atoms with Gasteiger partial charge < -0.3 is 9.32 Å². The summed E-state index contributed by atoms with van der Waals surface area (Å²) in [5, 5.41) is 0.269. The zero-order chi connectivity index (χ0) is 33.6. The van der Waals surface area contributed by atoms with Crippen molar-refractivity contribution in [1.29, 1.82) is 0 Å². The highest BCUT2D eigenvalue weighted by Crippen LogP contribution is 2.51. The second-order valence-electron chi connectivity index (χ2n) is 10.9. The van der Waals surface area contributed by atoms with Crippen molar-refractivity contribution in [3.05, 3.63) is 150 Å². The Kier molecular flexibility index (Phi) is 3.85. The first-order valence-electron chi connectivity index (χ1n) is 17.1. The molecule has 1 aliphatic rings. The van der Waals surface area contributed by atoms with E-state index < -0.39 is 12.1 Å². The zero-order valence-electron chi connectivity index (χ0n) is 29.6. The first kappa shape index (κ1) is 17.6. The van der Waals surface area contributed by atoms with Crippen LogP contribution in [0.25, 0.3) is 44.2 Å². The number of nitrogens with zero attached hydrogens (tertiary/aromatic N) is 1. The summed E-state index contributed by atoms with van der Waals surface area (Å²) in [6, 6.07) is 29.8. The van der Waals surface area contributed by atoms with Gasteiger partial charge in [-0.3, -0.25) is 0 Å².